The lowest BCUT2D eigenvalue weighted by Crippen LogP contribution is -2.29. The van der Waals surface area contributed by atoms with E-state index < -0.39 is 0 Å². The standard InChI is InChI=1S/C14H23N3/c1-3-4-10-17(12-7-8-12)14-13(11(2)15)6-5-9-16-14/h5-6,9,11-12H,3-4,7-8,10,15H2,1-2H3/t11-/m0/s1. The molecule has 94 valence electrons. The molecule has 0 radical (unpaired) electrons. The molecule has 2 rings (SSSR count). The van der Waals surface area contributed by atoms with E-state index in [1.807, 2.05) is 19.2 Å². The van der Waals surface area contributed by atoms with Crippen molar-refractivity contribution in [3.8, 4) is 0 Å². The van der Waals surface area contributed by atoms with Gasteiger partial charge in [0.25, 0.3) is 0 Å². The van der Waals surface area contributed by atoms with Crippen molar-refractivity contribution in [1.82, 2.24) is 4.98 Å². The van der Waals surface area contributed by atoms with E-state index in [0.717, 1.165) is 12.4 Å². The number of hydrogen-bond acceptors (Lipinski definition) is 3. The first-order valence-electron chi connectivity index (χ1n) is 6.71. The molecule has 0 aromatic carbocycles. The topological polar surface area (TPSA) is 42.2 Å². The van der Waals surface area contributed by atoms with Gasteiger partial charge in [-0.25, -0.2) is 4.98 Å². The molecule has 0 amide bonds. The van der Waals surface area contributed by atoms with E-state index in [9.17, 15) is 0 Å². The third kappa shape index (κ3) is 2.97. The minimum absolute atomic E-state index is 0.0570. The molecule has 0 aliphatic heterocycles. The number of nitrogens with two attached hydrogens (primary N) is 1. The van der Waals surface area contributed by atoms with Crippen molar-refractivity contribution in [3.05, 3.63) is 23.9 Å². The van der Waals surface area contributed by atoms with Gasteiger partial charge in [-0.2, -0.15) is 0 Å². The monoisotopic (exact) mass is 233 g/mol. The molecular formula is C14H23N3. The van der Waals surface area contributed by atoms with Crippen LogP contribution in [0.4, 0.5) is 5.82 Å². The van der Waals surface area contributed by atoms with Crippen molar-refractivity contribution in [2.45, 2.75) is 51.6 Å². The molecule has 17 heavy (non-hydrogen) atoms. The molecule has 1 fully saturated rings. The Morgan fingerprint density at radius 1 is 1.53 bits per heavy atom. The highest BCUT2D eigenvalue weighted by Crippen LogP contribution is 2.33. The Morgan fingerprint density at radius 2 is 2.29 bits per heavy atom. The minimum atomic E-state index is 0.0570. The van der Waals surface area contributed by atoms with Crippen LogP contribution in [0, 0.1) is 0 Å². The largest absolute Gasteiger partial charge is 0.353 e. The number of pyridine rings is 1. The first-order valence-corrected chi connectivity index (χ1v) is 6.71. The van der Waals surface area contributed by atoms with E-state index in [4.69, 9.17) is 5.73 Å². The first-order chi connectivity index (χ1) is 8.24. The lowest BCUT2D eigenvalue weighted by molar-refractivity contribution is 0.691. The van der Waals surface area contributed by atoms with Gasteiger partial charge in [0.1, 0.15) is 5.82 Å². The summed E-state index contributed by atoms with van der Waals surface area (Å²) in [6.07, 6.45) is 6.94. The van der Waals surface area contributed by atoms with Gasteiger partial charge in [-0.05, 0) is 32.3 Å². The zero-order valence-electron chi connectivity index (χ0n) is 10.9. The molecule has 1 heterocycles. The molecule has 2 N–H and O–H groups in total. The van der Waals surface area contributed by atoms with Crippen LogP contribution in [0.1, 0.15) is 51.1 Å². The number of hydrogen-bond donors (Lipinski definition) is 1. The van der Waals surface area contributed by atoms with Crippen LogP contribution < -0.4 is 10.6 Å². The van der Waals surface area contributed by atoms with Gasteiger partial charge in [0.15, 0.2) is 0 Å². The summed E-state index contributed by atoms with van der Waals surface area (Å²) in [4.78, 5) is 7.02. The van der Waals surface area contributed by atoms with Gasteiger partial charge < -0.3 is 10.6 Å². The zero-order valence-corrected chi connectivity index (χ0v) is 10.9. The van der Waals surface area contributed by atoms with Crippen LogP contribution in [0.5, 0.6) is 0 Å². The summed E-state index contributed by atoms with van der Waals surface area (Å²) in [6.45, 7) is 5.37. The molecule has 3 heteroatoms. The summed E-state index contributed by atoms with van der Waals surface area (Å²) in [5, 5.41) is 0. The third-order valence-electron chi connectivity index (χ3n) is 3.32. The molecular weight excluding hydrogens is 210 g/mol. The lowest BCUT2D eigenvalue weighted by atomic mass is 10.1. The van der Waals surface area contributed by atoms with Crippen molar-refractivity contribution in [2.75, 3.05) is 11.4 Å². The highest BCUT2D eigenvalue weighted by molar-refractivity contribution is 5.50. The Bertz CT molecular complexity index is 358. The Balaban J connectivity index is 2.22. The van der Waals surface area contributed by atoms with Crippen molar-refractivity contribution >= 4 is 5.82 Å². The Morgan fingerprint density at radius 3 is 2.88 bits per heavy atom. The lowest BCUT2D eigenvalue weighted by Gasteiger charge is -2.26. The first kappa shape index (κ1) is 12.4. The van der Waals surface area contributed by atoms with Crippen molar-refractivity contribution in [1.29, 1.82) is 0 Å². The highest BCUT2D eigenvalue weighted by atomic mass is 15.2. The molecule has 0 bridgehead atoms. The average molecular weight is 233 g/mol. The summed E-state index contributed by atoms with van der Waals surface area (Å²) in [7, 11) is 0. The fraction of sp³-hybridized carbons (Fsp3) is 0.643. The van der Waals surface area contributed by atoms with E-state index in [0.29, 0.717) is 6.04 Å². The Hall–Kier alpha value is -1.09. The molecule has 1 aliphatic rings. The number of aromatic nitrogens is 1. The molecule has 1 aromatic heterocycles. The summed E-state index contributed by atoms with van der Waals surface area (Å²) >= 11 is 0. The molecule has 1 saturated carbocycles. The van der Waals surface area contributed by atoms with Crippen LogP contribution in [-0.4, -0.2) is 17.6 Å². The molecule has 0 saturated heterocycles. The molecule has 0 unspecified atom stereocenters. The van der Waals surface area contributed by atoms with Gasteiger partial charge in [0.2, 0.25) is 0 Å². The molecule has 1 atom stereocenters. The minimum Gasteiger partial charge on any atom is -0.353 e. The van der Waals surface area contributed by atoms with Gasteiger partial charge in [0, 0.05) is 30.4 Å². The molecule has 1 aromatic rings. The Labute approximate surface area is 104 Å². The van der Waals surface area contributed by atoms with Crippen molar-refractivity contribution < 1.29 is 0 Å². The fourth-order valence-corrected chi connectivity index (χ4v) is 2.18. The number of rotatable bonds is 6. The van der Waals surface area contributed by atoms with Gasteiger partial charge in [-0.15, -0.1) is 0 Å². The Kier molecular flexibility index (Phi) is 4.00. The van der Waals surface area contributed by atoms with Crippen LogP contribution in [0.15, 0.2) is 18.3 Å². The van der Waals surface area contributed by atoms with Gasteiger partial charge in [0.05, 0.1) is 0 Å². The van der Waals surface area contributed by atoms with Crippen LogP contribution in [0.25, 0.3) is 0 Å². The van der Waals surface area contributed by atoms with Crippen LogP contribution >= 0.6 is 0 Å². The average Bonchev–Trinajstić information content (AvgIpc) is 3.14. The SMILES string of the molecule is CCCCN(c1ncccc1[C@H](C)N)C1CC1. The fourth-order valence-electron chi connectivity index (χ4n) is 2.18. The van der Waals surface area contributed by atoms with E-state index in [1.165, 1.54) is 31.2 Å². The molecule has 3 nitrogen and oxygen atoms in total. The predicted molar refractivity (Wildman–Crippen MR) is 72.1 cm³/mol. The second-order valence-electron chi connectivity index (χ2n) is 4.98. The maximum absolute atomic E-state index is 6.03. The predicted octanol–water partition coefficient (Wildman–Crippen LogP) is 2.87. The quantitative estimate of drug-likeness (QED) is 0.821. The van der Waals surface area contributed by atoms with E-state index >= 15 is 0 Å². The van der Waals surface area contributed by atoms with Crippen LogP contribution in [0.2, 0.25) is 0 Å². The summed E-state index contributed by atoms with van der Waals surface area (Å²) in [5.74, 6) is 1.11. The van der Waals surface area contributed by atoms with E-state index in [2.05, 4.69) is 22.9 Å². The van der Waals surface area contributed by atoms with Crippen molar-refractivity contribution in [2.24, 2.45) is 5.73 Å². The van der Waals surface area contributed by atoms with Gasteiger partial charge >= 0.3 is 0 Å². The maximum Gasteiger partial charge on any atom is 0.133 e. The normalized spacial score (nSPS) is 16.9. The summed E-state index contributed by atoms with van der Waals surface area (Å²) < 4.78 is 0. The van der Waals surface area contributed by atoms with Crippen LogP contribution in [0.3, 0.4) is 0 Å². The zero-order chi connectivity index (χ0) is 12.3. The number of nitrogens with zero attached hydrogens (tertiary/aromatic N) is 2. The number of anilines is 1. The van der Waals surface area contributed by atoms with Gasteiger partial charge in [-0.3, -0.25) is 0 Å². The molecule has 1 aliphatic carbocycles. The maximum atomic E-state index is 6.03. The second kappa shape index (κ2) is 5.50. The smallest absolute Gasteiger partial charge is 0.133 e. The number of unbranched alkanes of at least 4 members (excludes halogenated alkanes) is 1. The third-order valence-corrected chi connectivity index (χ3v) is 3.32. The van der Waals surface area contributed by atoms with E-state index in [-0.39, 0.29) is 6.04 Å². The second-order valence-corrected chi connectivity index (χ2v) is 4.98. The van der Waals surface area contributed by atoms with E-state index in [1.54, 1.807) is 0 Å². The summed E-state index contributed by atoms with van der Waals surface area (Å²) in [5.41, 5.74) is 7.21. The van der Waals surface area contributed by atoms with Gasteiger partial charge in [-0.1, -0.05) is 19.4 Å². The van der Waals surface area contributed by atoms with Crippen LogP contribution in [-0.2, 0) is 0 Å². The molecule has 0 spiro atoms. The highest BCUT2D eigenvalue weighted by Gasteiger charge is 2.31. The van der Waals surface area contributed by atoms with Crippen molar-refractivity contribution in [3.63, 3.8) is 0 Å². The summed E-state index contributed by atoms with van der Waals surface area (Å²) in [6, 6.07) is 4.84.